The topological polar surface area (TPSA) is 134 Å². The highest BCUT2D eigenvalue weighted by Crippen LogP contribution is 2.33. The number of nitrogens with zero attached hydrogens (tertiary/aromatic N) is 4. The number of carbonyl (C=O) groups excluding carboxylic acids is 1. The summed E-state index contributed by atoms with van der Waals surface area (Å²) in [5.74, 6) is 0.451. The van der Waals surface area contributed by atoms with Crippen LogP contribution in [0.1, 0.15) is 11.8 Å². The fraction of sp³-hybridized carbons (Fsp3) is 0.250. The van der Waals surface area contributed by atoms with Gasteiger partial charge in [-0.1, -0.05) is 60.7 Å². The van der Waals surface area contributed by atoms with E-state index in [1.165, 1.54) is 17.9 Å². The van der Waals surface area contributed by atoms with Gasteiger partial charge in [-0.2, -0.15) is 0 Å². The molecule has 0 aliphatic carbocycles. The van der Waals surface area contributed by atoms with Gasteiger partial charge in [0.25, 0.3) is 5.91 Å². The number of aromatic nitrogens is 4. The monoisotopic (exact) mass is 460 g/mol. The van der Waals surface area contributed by atoms with Crippen molar-refractivity contribution >= 4 is 22.9 Å². The molecule has 0 unspecified atom stereocenters. The molecular formula is C24H24N6O4. The number of anilines is 1. The van der Waals surface area contributed by atoms with Gasteiger partial charge in [-0.05, 0) is 5.56 Å². The Morgan fingerprint density at radius 3 is 2.44 bits per heavy atom. The second-order valence-electron chi connectivity index (χ2n) is 7.97. The predicted octanol–water partition coefficient (Wildman–Crippen LogP) is 1.47. The number of ether oxygens (including phenoxy) is 1. The average Bonchev–Trinajstić information content (AvgIpc) is 3.44. The highest BCUT2D eigenvalue weighted by atomic mass is 16.6. The number of hydrogen-bond donors (Lipinski definition) is 4. The number of hydrogen-bond acceptors (Lipinski definition) is 8. The van der Waals surface area contributed by atoms with Crippen LogP contribution in [0.25, 0.3) is 22.6 Å². The van der Waals surface area contributed by atoms with Crippen molar-refractivity contribution in [3.63, 3.8) is 0 Å². The Kier molecular flexibility index (Phi) is 5.93. The Morgan fingerprint density at radius 1 is 1.03 bits per heavy atom. The lowest BCUT2D eigenvalue weighted by Crippen LogP contribution is -2.41. The number of aliphatic hydroxyl groups excluding tert-OH is 2. The molecular weight excluding hydrogens is 436 g/mol. The maximum atomic E-state index is 12.1. The summed E-state index contributed by atoms with van der Waals surface area (Å²) in [6.45, 7) is 0.522. The molecule has 0 saturated carbocycles. The number of aliphatic hydroxyl groups is 2. The summed E-state index contributed by atoms with van der Waals surface area (Å²) < 4.78 is 7.26. The number of imidazole rings is 1. The third-order valence-corrected chi connectivity index (χ3v) is 5.77. The van der Waals surface area contributed by atoms with Gasteiger partial charge in [-0.25, -0.2) is 15.0 Å². The summed E-state index contributed by atoms with van der Waals surface area (Å²) in [5, 5.41) is 26.8. The zero-order valence-corrected chi connectivity index (χ0v) is 18.4. The summed E-state index contributed by atoms with van der Waals surface area (Å²) in [6.07, 6.45) is -3.55. The molecule has 1 aliphatic heterocycles. The quantitative estimate of drug-likeness (QED) is 0.340. The summed E-state index contributed by atoms with van der Waals surface area (Å²) >= 11 is 0. The van der Waals surface area contributed by atoms with E-state index in [1.54, 1.807) is 0 Å². The van der Waals surface area contributed by atoms with Crippen LogP contribution in [0.3, 0.4) is 0 Å². The summed E-state index contributed by atoms with van der Waals surface area (Å²) in [4.78, 5) is 25.9. The zero-order valence-electron chi connectivity index (χ0n) is 18.4. The van der Waals surface area contributed by atoms with Crippen molar-refractivity contribution in [1.29, 1.82) is 0 Å². The van der Waals surface area contributed by atoms with Crippen molar-refractivity contribution < 1.29 is 19.7 Å². The first-order valence-corrected chi connectivity index (χ1v) is 10.9. The summed E-state index contributed by atoms with van der Waals surface area (Å²) in [6, 6.07) is 19.4. The number of carbonyl (C=O) groups is 1. The van der Waals surface area contributed by atoms with Crippen LogP contribution in [0.2, 0.25) is 0 Å². The lowest BCUT2D eigenvalue weighted by Gasteiger charge is -2.17. The van der Waals surface area contributed by atoms with E-state index in [4.69, 9.17) is 14.7 Å². The van der Waals surface area contributed by atoms with Crippen LogP contribution in [-0.2, 0) is 16.1 Å². The molecule has 4 aromatic rings. The van der Waals surface area contributed by atoms with Gasteiger partial charge >= 0.3 is 0 Å². The van der Waals surface area contributed by atoms with Crippen LogP contribution >= 0.6 is 0 Å². The van der Waals surface area contributed by atoms with Gasteiger partial charge in [-0.15, -0.1) is 0 Å². The number of nitrogens with one attached hydrogen (secondary N) is 2. The predicted molar refractivity (Wildman–Crippen MR) is 125 cm³/mol. The first-order chi connectivity index (χ1) is 16.6. The Labute approximate surface area is 195 Å². The molecule has 4 atom stereocenters. The number of likely N-dealkylation sites (N-methyl/N-ethyl adjacent to an activating group) is 1. The maximum Gasteiger partial charge on any atom is 0.251 e. The van der Waals surface area contributed by atoms with Crippen LogP contribution < -0.4 is 10.6 Å². The molecule has 2 aromatic heterocycles. The van der Waals surface area contributed by atoms with Crippen LogP contribution in [0.5, 0.6) is 0 Å². The fourth-order valence-electron chi connectivity index (χ4n) is 3.97. The van der Waals surface area contributed by atoms with E-state index in [-0.39, 0.29) is 0 Å². The minimum absolute atomic E-state index is 0.401. The second kappa shape index (κ2) is 9.18. The lowest BCUT2D eigenvalue weighted by atomic mass is 10.1. The van der Waals surface area contributed by atoms with E-state index < -0.39 is 30.4 Å². The van der Waals surface area contributed by atoms with Crippen LogP contribution in [-0.4, -0.2) is 61.0 Å². The molecule has 1 aliphatic rings. The highest BCUT2D eigenvalue weighted by Gasteiger charge is 2.47. The van der Waals surface area contributed by atoms with Crippen LogP contribution in [0, 0.1) is 0 Å². The average molecular weight is 460 g/mol. The SMILES string of the molecule is CNC(=O)[C@H]1O[C@@H](n2cnc3c(NCc4ccccc4)nc(-c4ccccc4)nc32)[C@H](O)[C@@H]1O. The third-order valence-electron chi connectivity index (χ3n) is 5.77. The Hall–Kier alpha value is -3.86. The van der Waals surface area contributed by atoms with E-state index >= 15 is 0 Å². The van der Waals surface area contributed by atoms with Gasteiger partial charge in [0.1, 0.15) is 12.2 Å². The molecule has 1 fully saturated rings. The van der Waals surface area contributed by atoms with Crippen molar-refractivity contribution in [2.24, 2.45) is 0 Å². The Bertz CT molecular complexity index is 1300. The Morgan fingerprint density at radius 2 is 1.74 bits per heavy atom. The molecule has 174 valence electrons. The number of benzene rings is 2. The largest absolute Gasteiger partial charge is 0.387 e. The number of rotatable bonds is 6. The molecule has 4 N–H and O–H groups in total. The van der Waals surface area contributed by atoms with Gasteiger partial charge in [0.2, 0.25) is 0 Å². The summed E-state index contributed by atoms with van der Waals surface area (Å²) in [7, 11) is 1.44. The molecule has 0 radical (unpaired) electrons. The standard InChI is InChI=1S/C24H24N6O4/c1-25-23(33)19-17(31)18(32)24(34-19)30-13-27-16-21(26-12-14-8-4-2-5-9-14)28-20(29-22(16)30)15-10-6-3-7-11-15/h2-11,13,17-19,24,31-32H,12H2,1H3,(H,25,33)(H,26,28,29)/t17-,18+,19-,24+/m0/s1. The first-order valence-electron chi connectivity index (χ1n) is 10.9. The highest BCUT2D eigenvalue weighted by molar-refractivity contribution is 5.85. The molecule has 3 heterocycles. The van der Waals surface area contributed by atoms with Gasteiger partial charge < -0.3 is 25.6 Å². The minimum atomic E-state index is -1.39. The van der Waals surface area contributed by atoms with Crippen LogP contribution in [0.15, 0.2) is 67.0 Å². The Balaban J connectivity index is 1.57. The summed E-state index contributed by atoms with van der Waals surface area (Å²) in [5.41, 5.74) is 2.75. The van der Waals surface area contributed by atoms with Crippen molar-refractivity contribution in [3.8, 4) is 11.4 Å². The van der Waals surface area contributed by atoms with E-state index in [2.05, 4.69) is 15.6 Å². The number of amides is 1. The number of fused-ring (bicyclic) bond motifs is 1. The van der Waals surface area contributed by atoms with Gasteiger partial charge in [0, 0.05) is 19.2 Å². The molecule has 5 rings (SSSR count). The van der Waals surface area contributed by atoms with E-state index in [0.717, 1.165) is 11.1 Å². The van der Waals surface area contributed by atoms with Gasteiger partial charge in [0.05, 0.1) is 6.33 Å². The third kappa shape index (κ3) is 3.98. The molecule has 0 bridgehead atoms. The zero-order chi connectivity index (χ0) is 23.7. The minimum Gasteiger partial charge on any atom is -0.387 e. The molecule has 10 nitrogen and oxygen atoms in total. The smallest absolute Gasteiger partial charge is 0.251 e. The van der Waals surface area contributed by atoms with Crippen LogP contribution in [0.4, 0.5) is 5.82 Å². The lowest BCUT2D eigenvalue weighted by molar-refractivity contribution is -0.137. The van der Waals surface area contributed by atoms with Crippen molar-refractivity contribution in [2.75, 3.05) is 12.4 Å². The first kappa shape index (κ1) is 22.0. The molecule has 10 heteroatoms. The van der Waals surface area contributed by atoms with Crippen molar-refractivity contribution in [1.82, 2.24) is 24.8 Å². The van der Waals surface area contributed by atoms with Crippen molar-refractivity contribution in [3.05, 3.63) is 72.6 Å². The normalized spacial score (nSPS) is 22.1. The molecule has 0 spiro atoms. The van der Waals surface area contributed by atoms with E-state index in [0.29, 0.717) is 29.4 Å². The van der Waals surface area contributed by atoms with E-state index in [1.807, 2.05) is 60.7 Å². The molecule has 1 saturated heterocycles. The van der Waals surface area contributed by atoms with Gasteiger partial charge in [-0.3, -0.25) is 9.36 Å². The second-order valence-corrected chi connectivity index (χ2v) is 7.97. The molecule has 2 aromatic carbocycles. The molecule has 1 amide bonds. The molecule has 34 heavy (non-hydrogen) atoms. The van der Waals surface area contributed by atoms with Gasteiger partial charge in [0.15, 0.2) is 35.1 Å². The fourth-order valence-corrected chi connectivity index (χ4v) is 3.97. The maximum absolute atomic E-state index is 12.1. The van der Waals surface area contributed by atoms with Crippen molar-refractivity contribution in [2.45, 2.75) is 31.1 Å². The van der Waals surface area contributed by atoms with E-state index in [9.17, 15) is 15.0 Å².